The lowest BCUT2D eigenvalue weighted by Crippen LogP contribution is -2.25. The van der Waals surface area contributed by atoms with Crippen molar-refractivity contribution in [3.63, 3.8) is 0 Å². The molecule has 118 valence electrons. The Balaban J connectivity index is 2.59. The highest BCUT2D eigenvalue weighted by Crippen LogP contribution is 2.32. The van der Waals surface area contributed by atoms with Crippen LogP contribution in [0.5, 0.6) is 5.75 Å². The highest BCUT2D eigenvalue weighted by atomic mass is 16.3. The van der Waals surface area contributed by atoms with Gasteiger partial charge in [-0.25, -0.2) is 4.98 Å². The number of carbonyl (C=O) groups excluding carboxylic acids is 1. The number of aromatic hydroxyl groups is 1. The van der Waals surface area contributed by atoms with Crippen LogP contribution in [0.25, 0.3) is 0 Å². The molecule has 0 aromatic carbocycles. The molecule has 0 fully saturated rings. The Morgan fingerprint density at radius 1 is 1.38 bits per heavy atom. The number of hydrogen-bond acceptors (Lipinski definition) is 4. The summed E-state index contributed by atoms with van der Waals surface area (Å²) in [5.41, 5.74) is 6.53. The van der Waals surface area contributed by atoms with Crippen LogP contribution in [0.2, 0.25) is 0 Å². The molecule has 0 aliphatic heterocycles. The first-order chi connectivity index (χ1) is 9.74. The third kappa shape index (κ3) is 5.71. The SMILES string of the molecule is Cc1ccc(O)c(NC(=O)CCC(CCN)C(C)(C)C)n1. The van der Waals surface area contributed by atoms with E-state index in [-0.39, 0.29) is 22.9 Å². The lowest BCUT2D eigenvalue weighted by molar-refractivity contribution is -0.116. The average molecular weight is 293 g/mol. The van der Waals surface area contributed by atoms with Gasteiger partial charge >= 0.3 is 0 Å². The number of anilines is 1. The Bertz CT molecular complexity index is 481. The largest absolute Gasteiger partial charge is 0.504 e. The van der Waals surface area contributed by atoms with Gasteiger partial charge in [-0.1, -0.05) is 20.8 Å². The summed E-state index contributed by atoms with van der Waals surface area (Å²) >= 11 is 0. The Morgan fingerprint density at radius 3 is 2.62 bits per heavy atom. The van der Waals surface area contributed by atoms with Crippen LogP contribution in [0.15, 0.2) is 12.1 Å². The van der Waals surface area contributed by atoms with Gasteiger partial charge < -0.3 is 16.2 Å². The predicted molar refractivity (Wildman–Crippen MR) is 85.1 cm³/mol. The average Bonchev–Trinajstić information content (AvgIpc) is 2.37. The molecule has 0 saturated heterocycles. The first kappa shape index (κ1) is 17.4. The summed E-state index contributed by atoms with van der Waals surface area (Å²) in [6.07, 6.45) is 2.08. The smallest absolute Gasteiger partial charge is 0.225 e. The molecular formula is C16H27N3O2. The number of aryl methyl sites for hydroxylation is 1. The fraction of sp³-hybridized carbons (Fsp3) is 0.625. The van der Waals surface area contributed by atoms with E-state index in [2.05, 4.69) is 31.1 Å². The van der Waals surface area contributed by atoms with Crippen LogP contribution in [0.3, 0.4) is 0 Å². The molecular weight excluding hydrogens is 266 g/mol. The van der Waals surface area contributed by atoms with Crippen molar-refractivity contribution in [3.05, 3.63) is 17.8 Å². The van der Waals surface area contributed by atoms with Crippen molar-refractivity contribution in [3.8, 4) is 5.75 Å². The minimum Gasteiger partial charge on any atom is -0.504 e. The first-order valence-corrected chi connectivity index (χ1v) is 7.40. The molecule has 0 aliphatic rings. The molecule has 1 rings (SSSR count). The lowest BCUT2D eigenvalue weighted by Gasteiger charge is -2.30. The summed E-state index contributed by atoms with van der Waals surface area (Å²) < 4.78 is 0. The third-order valence-corrected chi connectivity index (χ3v) is 3.73. The fourth-order valence-electron chi connectivity index (χ4n) is 2.35. The van der Waals surface area contributed by atoms with Crippen LogP contribution in [0.4, 0.5) is 5.82 Å². The van der Waals surface area contributed by atoms with Gasteiger partial charge in [0.1, 0.15) is 0 Å². The van der Waals surface area contributed by atoms with Gasteiger partial charge in [-0.15, -0.1) is 0 Å². The Hall–Kier alpha value is -1.62. The Morgan fingerprint density at radius 2 is 2.05 bits per heavy atom. The van der Waals surface area contributed by atoms with Crippen molar-refractivity contribution < 1.29 is 9.90 Å². The van der Waals surface area contributed by atoms with Gasteiger partial charge in [0.05, 0.1) is 0 Å². The van der Waals surface area contributed by atoms with E-state index < -0.39 is 0 Å². The van der Waals surface area contributed by atoms with Gasteiger partial charge in [-0.2, -0.15) is 0 Å². The standard InChI is InChI=1S/C16H27N3O2/c1-11-5-7-13(20)15(18-11)19-14(21)8-6-12(9-10-17)16(2,3)4/h5,7,12,20H,6,8-10,17H2,1-4H3,(H,18,19,21). The van der Waals surface area contributed by atoms with Crippen LogP contribution in [0.1, 0.15) is 45.7 Å². The van der Waals surface area contributed by atoms with Crippen molar-refractivity contribution in [2.75, 3.05) is 11.9 Å². The zero-order valence-corrected chi connectivity index (χ0v) is 13.4. The predicted octanol–water partition coefficient (Wildman–Crippen LogP) is 2.83. The maximum atomic E-state index is 12.0. The molecule has 5 nitrogen and oxygen atoms in total. The van der Waals surface area contributed by atoms with E-state index in [1.165, 1.54) is 6.07 Å². The van der Waals surface area contributed by atoms with Crippen LogP contribution in [-0.2, 0) is 4.79 Å². The third-order valence-electron chi connectivity index (χ3n) is 3.73. The van der Waals surface area contributed by atoms with E-state index in [1.54, 1.807) is 6.07 Å². The molecule has 1 atom stereocenters. The number of nitrogens with two attached hydrogens (primary N) is 1. The minimum atomic E-state index is -0.130. The molecule has 1 aromatic rings. The maximum absolute atomic E-state index is 12.0. The summed E-state index contributed by atoms with van der Waals surface area (Å²) in [5, 5.41) is 12.3. The Labute approximate surface area is 127 Å². The summed E-state index contributed by atoms with van der Waals surface area (Å²) in [5.74, 6) is 0.483. The summed E-state index contributed by atoms with van der Waals surface area (Å²) in [6.45, 7) is 8.94. The van der Waals surface area contributed by atoms with Gasteiger partial charge in [-0.05, 0) is 49.8 Å². The van der Waals surface area contributed by atoms with Crippen LogP contribution in [0, 0.1) is 18.3 Å². The molecule has 1 amide bonds. The maximum Gasteiger partial charge on any atom is 0.225 e. The van der Waals surface area contributed by atoms with E-state index >= 15 is 0 Å². The summed E-state index contributed by atoms with van der Waals surface area (Å²) in [7, 11) is 0. The molecule has 5 heteroatoms. The monoisotopic (exact) mass is 293 g/mol. The number of nitrogens with one attached hydrogen (secondary N) is 1. The zero-order valence-electron chi connectivity index (χ0n) is 13.4. The second kappa shape index (κ2) is 7.41. The quantitative estimate of drug-likeness (QED) is 0.752. The number of hydrogen-bond donors (Lipinski definition) is 3. The fourth-order valence-corrected chi connectivity index (χ4v) is 2.35. The van der Waals surface area contributed by atoms with Gasteiger partial charge in [0.2, 0.25) is 5.91 Å². The van der Waals surface area contributed by atoms with Gasteiger partial charge in [0.25, 0.3) is 0 Å². The first-order valence-electron chi connectivity index (χ1n) is 7.40. The molecule has 1 unspecified atom stereocenters. The number of carbonyl (C=O) groups is 1. The van der Waals surface area contributed by atoms with Crippen molar-refractivity contribution in [1.82, 2.24) is 4.98 Å². The molecule has 1 aromatic heterocycles. The van der Waals surface area contributed by atoms with E-state index in [4.69, 9.17) is 5.73 Å². The molecule has 0 bridgehead atoms. The normalized spacial score (nSPS) is 13.0. The number of pyridine rings is 1. The number of nitrogens with zero attached hydrogens (tertiary/aromatic N) is 1. The van der Waals surface area contributed by atoms with E-state index in [0.717, 1.165) is 18.5 Å². The minimum absolute atomic E-state index is 0.0109. The highest BCUT2D eigenvalue weighted by molar-refractivity contribution is 5.91. The lowest BCUT2D eigenvalue weighted by atomic mass is 9.76. The second-order valence-electron chi connectivity index (χ2n) is 6.55. The van der Waals surface area contributed by atoms with Crippen LogP contribution in [-0.4, -0.2) is 22.5 Å². The van der Waals surface area contributed by atoms with Gasteiger partial charge in [-0.3, -0.25) is 4.79 Å². The van der Waals surface area contributed by atoms with Crippen LogP contribution >= 0.6 is 0 Å². The summed E-state index contributed by atoms with van der Waals surface area (Å²) in [6, 6.07) is 3.23. The molecule has 1 heterocycles. The van der Waals surface area contributed by atoms with E-state index in [9.17, 15) is 9.90 Å². The highest BCUT2D eigenvalue weighted by Gasteiger charge is 2.24. The molecule has 0 spiro atoms. The van der Waals surface area contributed by atoms with Crippen molar-refractivity contribution in [1.29, 1.82) is 0 Å². The number of aromatic nitrogens is 1. The molecule has 4 N–H and O–H groups in total. The summed E-state index contributed by atoms with van der Waals surface area (Å²) in [4.78, 5) is 16.1. The molecule has 21 heavy (non-hydrogen) atoms. The molecule has 0 radical (unpaired) electrons. The second-order valence-corrected chi connectivity index (χ2v) is 6.55. The topological polar surface area (TPSA) is 88.2 Å². The van der Waals surface area contributed by atoms with E-state index in [1.807, 2.05) is 6.92 Å². The van der Waals surface area contributed by atoms with Crippen molar-refractivity contribution >= 4 is 11.7 Å². The molecule has 0 saturated carbocycles. The number of rotatable bonds is 6. The van der Waals surface area contributed by atoms with Crippen LogP contribution < -0.4 is 11.1 Å². The molecule has 0 aliphatic carbocycles. The zero-order chi connectivity index (χ0) is 16.0. The van der Waals surface area contributed by atoms with Gasteiger partial charge in [0.15, 0.2) is 11.6 Å². The van der Waals surface area contributed by atoms with Crippen molar-refractivity contribution in [2.45, 2.75) is 47.0 Å². The Kier molecular flexibility index (Phi) is 6.15. The van der Waals surface area contributed by atoms with E-state index in [0.29, 0.717) is 18.9 Å². The van der Waals surface area contributed by atoms with Crippen molar-refractivity contribution in [2.24, 2.45) is 17.1 Å². The number of amides is 1. The van der Waals surface area contributed by atoms with Gasteiger partial charge in [0, 0.05) is 12.1 Å².